The van der Waals surface area contributed by atoms with Gasteiger partial charge >= 0.3 is 5.97 Å². The van der Waals surface area contributed by atoms with Gasteiger partial charge in [0.05, 0.1) is 17.2 Å². The molecule has 2 heterocycles. The Kier molecular flexibility index (Phi) is 5.97. The van der Waals surface area contributed by atoms with Crippen molar-refractivity contribution in [1.29, 1.82) is 0 Å². The Morgan fingerprint density at radius 3 is 2.74 bits per heavy atom. The van der Waals surface area contributed by atoms with Crippen molar-refractivity contribution in [3.63, 3.8) is 0 Å². The SMILES string of the molecule is CCCC(Nc1ccccc1)c1c(C=C2C(=O)Nc3ccc(C(=O)O)cc32)oc2c1CCCC2. The molecule has 6 nitrogen and oxygen atoms in total. The van der Waals surface area contributed by atoms with Crippen molar-refractivity contribution < 1.29 is 19.1 Å². The molecule has 3 aromatic rings. The third-order valence-electron chi connectivity index (χ3n) is 6.61. The highest BCUT2D eigenvalue weighted by atomic mass is 16.4. The van der Waals surface area contributed by atoms with Gasteiger partial charge in [0.15, 0.2) is 0 Å². The molecule has 0 fully saturated rings. The van der Waals surface area contributed by atoms with Crippen molar-refractivity contribution in [2.45, 2.75) is 51.5 Å². The maximum Gasteiger partial charge on any atom is 0.335 e. The number of aryl methyl sites for hydroxylation is 1. The minimum Gasteiger partial charge on any atom is -0.478 e. The Balaban J connectivity index is 1.62. The number of para-hydroxylation sites is 1. The van der Waals surface area contributed by atoms with Crippen molar-refractivity contribution in [2.75, 3.05) is 10.6 Å². The number of carbonyl (C=O) groups excluding carboxylic acids is 1. The molecular weight excluding hydrogens is 428 g/mol. The van der Waals surface area contributed by atoms with E-state index in [0.29, 0.717) is 22.6 Å². The van der Waals surface area contributed by atoms with E-state index in [2.05, 4.69) is 29.7 Å². The molecule has 1 atom stereocenters. The molecule has 0 spiro atoms. The summed E-state index contributed by atoms with van der Waals surface area (Å²) in [6.07, 6.45) is 7.77. The Labute approximate surface area is 198 Å². The summed E-state index contributed by atoms with van der Waals surface area (Å²) in [6, 6.07) is 14.9. The molecule has 2 aliphatic rings. The van der Waals surface area contributed by atoms with Gasteiger partial charge in [-0.15, -0.1) is 0 Å². The molecule has 1 amide bonds. The third-order valence-corrected chi connectivity index (χ3v) is 6.61. The smallest absolute Gasteiger partial charge is 0.335 e. The monoisotopic (exact) mass is 456 g/mol. The Bertz CT molecular complexity index is 1270. The first-order chi connectivity index (χ1) is 16.5. The number of carboxylic acids is 1. The minimum atomic E-state index is -1.02. The average molecular weight is 457 g/mol. The summed E-state index contributed by atoms with van der Waals surface area (Å²) in [6.45, 7) is 2.17. The van der Waals surface area contributed by atoms with E-state index >= 15 is 0 Å². The van der Waals surface area contributed by atoms with Crippen LogP contribution in [0.3, 0.4) is 0 Å². The van der Waals surface area contributed by atoms with Crippen LogP contribution in [-0.2, 0) is 17.6 Å². The van der Waals surface area contributed by atoms with Crippen LogP contribution in [0, 0.1) is 0 Å². The van der Waals surface area contributed by atoms with Gasteiger partial charge in [-0.05, 0) is 67.7 Å². The average Bonchev–Trinajstić information content (AvgIpc) is 3.36. The fourth-order valence-corrected chi connectivity index (χ4v) is 5.01. The quantitative estimate of drug-likeness (QED) is 0.363. The van der Waals surface area contributed by atoms with E-state index in [9.17, 15) is 14.7 Å². The first-order valence-corrected chi connectivity index (χ1v) is 11.9. The summed E-state index contributed by atoms with van der Waals surface area (Å²) in [5.41, 5.74) is 5.19. The van der Waals surface area contributed by atoms with Crippen LogP contribution in [0.5, 0.6) is 0 Å². The van der Waals surface area contributed by atoms with Gasteiger partial charge in [0.1, 0.15) is 11.5 Å². The van der Waals surface area contributed by atoms with E-state index in [1.165, 1.54) is 11.6 Å². The van der Waals surface area contributed by atoms with Gasteiger partial charge in [-0.1, -0.05) is 31.5 Å². The standard InChI is InChI=1S/C28H28N2O4/c1-2-8-23(29-18-9-4-3-5-10-18)26-19-11-6-7-12-24(19)34-25(26)16-21-20-15-17(28(32)33)13-14-22(20)30-27(21)31/h3-5,9-10,13-16,23,29H,2,6-8,11-12H2,1H3,(H,30,31)(H,32,33). The molecule has 0 saturated carbocycles. The molecule has 2 aromatic carbocycles. The zero-order chi connectivity index (χ0) is 23.7. The van der Waals surface area contributed by atoms with Crippen molar-refractivity contribution >= 4 is 34.9 Å². The van der Waals surface area contributed by atoms with Gasteiger partial charge in [0.2, 0.25) is 0 Å². The minimum absolute atomic E-state index is 0.0409. The normalized spacial score (nSPS) is 16.6. The molecular formula is C28H28N2O4. The number of aromatic carboxylic acids is 1. The lowest BCUT2D eigenvalue weighted by Crippen LogP contribution is -2.14. The van der Waals surface area contributed by atoms with Crippen LogP contribution in [0.2, 0.25) is 0 Å². The highest BCUT2D eigenvalue weighted by molar-refractivity contribution is 6.35. The molecule has 6 heteroatoms. The number of nitrogens with one attached hydrogen (secondary N) is 2. The van der Waals surface area contributed by atoms with Crippen LogP contribution >= 0.6 is 0 Å². The van der Waals surface area contributed by atoms with Crippen LogP contribution in [0.15, 0.2) is 52.9 Å². The molecule has 1 aliphatic carbocycles. The first kappa shape index (κ1) is 22.0. The molecule has 5 rings (SSSR count). The molecule has 174 valence electrons. The summed E-state index contributed by atoms with van der Waals surface area (Å²) in [7, 11) is 0. The number of carboxylic acid groups (broad SMARTS) is 1. The molecule has 1 unspecified atom stereocenters. The summed E-state index contributed by atoms with van der Waals surface area (Å²) >= 11 is 0. The second kappa shape index (κ2) is 9.21. The van der Waals surface area contributed by atoms with E-state index in [1.54, 1.807) is 18.2 Å². The highest BCUT2D eigenvalue weighted by Crippen LogP contribution is 2.41. The number of benzene rings is 2. The number of hydrogen-bond acceptors (Lipinski definition) is 4. The number of fused-ring (bicyclic) bond motifs is 2. The largest absolute Gasteiger partial charge is 0.478 e. The van der Waals surface area contributed by atoms with Crippen molar-refractivity contribution in [1.82, 2.24) is 0 Å². The molecule has 0 radical (unpaired) electrons. The summed E-state index contributed by atoms with van der Waals surface area (Å²) in [5.74, 6) is 0.418. The van der Waals surface area contributed by atoms with Crippen molar-refractivity contribution in [3.05, 3.63) is 82.3 Å². The Hall–Kier alpha value is -3.80. The fourth-order valence-electron chi connectivity index (χ4n) is 5.01. The zero-order valence-electron chi connectivity index (χ0n) is 19.2. The van der Waals surface area contributed by atoms with E-state index in [0.717, 1.165) is 55.5 Å². The first-order valence-electron chi connectivity index (χ1n) is 11.9. The van der Waals surface area contributed by atoms with Crippen LogP contribution in [0.4, 0.5) is 11.4 Å². The van der Waals surface area contributed by atoms with Crippen LogP contribution in [0.25, 0.3) is 11.6 Å². The van der Waals surface area contributed by atoms with Crippen LogP contribution in [0.1, 0.15) is 77.2 Å². The van der Waals surface area contributed by atoms with Crippen LogP contribution in [-0.4, -0.2) is 17.0 Å². The van der Waals surface area contributed by atoms with E-state index in [-0.39, 0.29) is 17.5 Å². The van der Waals surface area contributed by atoms with E-state index in [4.69, 9.17) is 4.42 Å². The molecule has 0 bridgehead atoms. The second-order valence-electron chi connectivity index (χ2n) is 8.92. The number of rotatable bonds is 7. The summed E-state index contributed by atoms with van der Waals surface area (Å²) < 4.78 is 6.39. The lowest BCUT2D eigenvalue weighted by atomic mass is 9.89. The fraction of sp³-hybridized carbons (Fsp3) is 0.286. The highest BCUT2D eigenvalue weighted by Gasteiger charge is 2.30. The van der Waals surface area contributed by atoms with Gasteiger partial charge in [0, 0.05) is 28.9 Å². The number of furan rings is 1. The topological polar surface area (TPSA) is 91.6 Å². The predicted octanol–water partition coefficient (Wildman–Crippen LogP) is 6.30. The lowest BCUT2D eigenvalue weighted by molar-refractivity contribution is -0.110. The molecule has 1 aromatic heterocycles. The van der Waals surface area contributed by atoms with Gasteiger partial charge < -0.3 is 20.2 Å². The van der Waals surface area contributed by atoms with Crippen molar-refractivity contribution in [3.8, 4) is 0 Å². The number of hydrogen-bond donors (Lipinski definition) is 3. The van der Waals surface area contributed by atoms with Crippen LogP contribution < -0.4 is 10.6 Å². The molecule has 3 N–H and O–H groups in total. The summed E-state index contributed by atoms with van der Waals surface area (Å²) in [4.78, 5) is 24.4. The predicted molar refractivity (Wildman–Crippen MR) is 133 cm³/mol. The molecule has 0 saturated heterocycles. The third kappa shape index (κ3) is 4.12. The molecule has 34 heavy (non-hydrogen) atoms. The summed E-state index contributed by atoms with van der Waals surface area (Å²) in [5, 5.41) is 16.0. The van der Waals surface area contributed by atoms with Gasteiger partial charge in [0.25, 0.3) is 5.91 Å². The lowest BCUT2D eigenvalue weighted by Gasteiger charge is -2.22. The number of anilines is 2. The maximum absolute atomic E-state index is 12.9. The van der Waals surface area contributed by atoms with Gasteiger partial charge in [-0.25, -0.2) is 4.79 Å². The van der Waals surface area contributed by atoms with Gasteiger partial charge in [-0.2, -0.15) is 0 Å². The number of amides is 1. The van der Waals surface area contributed by atoms with E-state index < -0.39 is 5.97 Å². The molecule has 1 aliphatic heterocycles. The maximum atomic E-state index is 12.9. The Morgan fingerprint density at radius 1 is 1.18 bits per heavy atom. The Morgan fingerprint density at radius 2 is 1.97 bits per heavy atom. The zero-order valence-corrected chi connectivity index (χ0v) is 19.2. The van der Waals surface area contributed by atoms with E-state index in [1.807, 2.05) is 18.2 Å². The van der Waals surface area contributed by atoms with Gasteiger partial charge in [-0.3, -0.25) is 4.79 Å². The number of carbonyl (C=O) groups is 2. The second-order valence-corrected chi connectivity index (χ2v) is 8.92. The van der Waals surface area contributed by atoms with Crippen molar-refractivity contribution in [2.24, 2.45) is 0 Å².